The number of nitrogens with two attached hydrogens (primary N) is 1. The van der Waals surface area contributed by atoms with Crippen molar-refractivity contribution in [3.63, 3.8) is 0 Å². The van der Waals surface area contributed by atoms with Gasteiger partial charge < -0.3 is 26.0 Å². The highest BCUT2D eigenvalue weighted by Crippen LogP contribution is 2.36. The number of alkyl carbamates (subject to hydrolysis) is 1. The molecule has 1 fully saturated rings. The van der Waals surface area contributed by atoms with E-state index in [2.05, 4.69) is 10.6 Å². The summed E-state index contributed by atoms with van der Waals surface area (Å²) >= 11 is 0. The number of primary amides is 1. The summed E-state index contributed by atoms with van der Waals surface area (Å²) in [6, 6.07) is 6.59. The van der Waals surface area contributed by atoms with E-state index in [1.807, 2.05) is 26.8 Å². The first kappa shape index (κ1) is 26.2. The van der Waals surface area contributed by atoms with Crippen molar-refractivity contribution < 1.29 is 23.9 Å². The number of carbonyl (C=O) groups is 4. The highest BCUT2D eigenvalue weighted by atomic mass is 16.6. The fourth-order valence-electron chi connectivity index (χ4n) is 3.41. The van der Waals surface area contributed by atoms with Crippen molar-refractivity contribution in [3.05, 3.63) is 35.9 Å². The summed E-state index contributed by atoms with van der Waals surface area (Å²) in [6.07, 6.45) is 0.179. The van der Waals surface area contributed by atoms with Gasteiger partial charge >= 0.3 is 6.09 Å². The van der Waals surface area contributed by atoms with Gasteiger partial charge in [0, 0.05) is 11.6 Å². The maximum absolute atomic E-state index is 13.7. The number of amides is 4. The van der Waals surface area contributed by atoms with E-state index in [0.29, 0.717) is 18.4 Å². The third-order valence-corrected chi connectivity index (χ3v) is 4.73. The second-order valence-electron chi connectivity index (χ2n) is 10.4. The summed E-state index contributed by atoms with van der Waals surface area (Å²) in [5.74, 6) is -1.65. The SMILES string of the molecule is CC(C)(C)NC(=O)C(c1ccccc1)N(C(=O)C(CC(N)=O)NC(=O)OC(C)(C)C)C1CC1. The van der Waals surface area contributed by atoms with Gasteiger partial charge in [0.25, 0.3) is 0 Å². The quantitative estimate of drug-likeness (QED) is 0.548. The predicted octanol–water partition coefficient (Wildman–Crippen LogP) is 2.40. The van der Waals surface area contributed by atoms with Crippen LogP contribution in [-0.4, -0.2) is 51.9 Å². The standard InChI is InChI=1S/C24H36N4O5/c1-23(2,3)27-20(30)19(15-10-8-7-9-11-15)28(16-12-13-16)21(31)17(14-18(25)29)26-22(32)33-24(4,5)6/h7-11,16-17,19H,12-14H2,1-6H3,(H2,25,29)(H,26,32)(H,27,30). The normalized spacial score (nSPS) is 15.7. The largest absolute Gasteiger partial charge is 0.444 e. The van der Waals surface area contributed by atoms with Crippen LogP contribution in [0.3, 0.4) is 0 Å². The lowest BCUT2D eigenvalue weighted by Gasteiger charge is -2.36. The molecular weight excluding hydrogens is 424 g/mol. The Kier molecular flexibility index (Phi) is 8.11. The fourth-order valence-corrected chi connectivity index (χ4v) is 3.41. The van der Waals surface area contributed by atoms with Gasteiger partial charge in [-0.05, 0) is 59.9 Å². The molecule has 0 bridgehead atoms. The Hall–Kier alpha value is -3.10. The maximum Gasteiger partial charge on any atom is 0.408 e. The molecule has 0 heterocycles. The zero-order chi connectivity index (χ0) is 25.0. The minimum absolute atomic E-state index is 0.191. The molecule has 1 aliphatic rings. The zero-order valence-electron chi connectivity index (χ0n) is 20.3. The van der Waals surface area contributed by atoms with E-state index in [9.17, 15) is 19.2 Å². The minimum Gasteiger partial charge on any atom is -0.444 e. The van der Waals surface area contributed by atoms with E-state index in [4.69, 9.17) is 10.5 Å². The summed E-state index contributed by atoms with van der Waals surface area (Å²) < 4.78 is 5.26. The Morgan fingerprint density at radius 1 is 1.06 bits per heavy atom. The van der Waals surface area contributed by atoms with Crippen LogP contribution in [0.4, 0.5) is 4.79 Å². The molecule has 0 spiro atoms. The van der Waals surface area contributed by atoms with Gasteiger partial charge in [0.1, 0.15) is 17.7 Å². The Labute approximate surface area is 195 Å². The van der Waals surface area contributed by atoms with Crippen molar-refractivity contribution in [1.82, 2.24) is 15.5 Å². The van der Waals surface area contributed by atoms with Crippen LogP contribution in [0.15, 0.2) is 30.3 Å². The first-order valence-corrected chi connectivity index (χ1v) is 11.1. The molecule has 182 valence electrons. The van der Waals surface area contributed by atoms with Gasteiger partial charge in [-0.1, -0.05) is 30.3 Å². The van der Waals surface area contributed by atoms with Crippen LogP contribution in [0.2, 0.25) is 0 Å². The van der Waals surface area contributed by atoms with E-state index in [-0.39, 0.29) is 11.9 Å². The van der Waals surface area contributed by atoms with Gasteiger partial charge in [-0.15, -0.1) is 0 Å². The van der Waals surface area contributed by atoms with Gasteiger partial charge in [0.2, 0.25) is 17.7 Å². The third kappa shape index (κ3) is 8.40. The van der Waals surface area contributed by atoms with Crippen LogP contribution in [0, 0.1) is 0 Å². The van der Waals surface area contributed by atoms with Crippen molar-refractivity contribution >= 4 is 23.8 Å². The lowest BCUT2D eigenvalue weighted by Crippen LogP contribution is -2.56. The highest BCUT2D eigenvalue weighted by molar-refractivity contribution is 5.95. The number of hydrogen-bond acceptors (Lipinski definition) is 5. The molecule has 4 amide bonds. The van der Waals surface area contributed by atoms with Crippen LogP contribution in [0.5, 0.6) is 0 Å². The van der Waals surface area contributed by atoms with E-state index in [0.717, 1.165) is 0 Å². The number of ether oxygens (including phenoxy) is 1. The maximum atomic E-state index is 13.7. The van der Waals surface area contributed by atoms with Gasteiger partial charge in [0.15, 0.2) is 0 Å². The summed E-state index contributed by atoms with van der Waals surface area (Å²) in [4.78, 5) is 52.7. The Morgan fingerprint density at radius 3 is 2.09 bits per heavy atom. The van der Waals surface area contributed by atoms with E-state index < -0.39 is 47.6 Å². The molecule has 0 aromatic heterocycles. The molecule has 4 N–H and O–H groups in total. The molecule has 0 saturated heterocycles. The first-order chi connectivity index (χ1) is 15.2. The van der Waals surface area contributed by atoms with Gasteiger partial charge in [-0.25, -0.2) is 4.79 Å². The topological polar surface area (TPSA) is 131 Å². The lowest BCUT2D eigenvalue weighted by molar-refractivity contribution is -0.144. The number of carbonyl (C=O) groups excluding carboxylic acids is 4. The van der Waals surface area contributed by atoms with E-state index in [1.54, 1.807) is 45.0 Å². The summed E-state index contributed by atoms with van der Waals surface area (Å²) in [5, 5.41) is 5.43. The Morgan fingerprint density at radius 2 is 1.64 bits per heavy atom. The number of nitrogens with zero attached hydrogens (tertiary/aromatic N) is 1. The molecule has 2 rings (SSSR count). The molecule has 1 aromatic rings. The van der Waals surface area contributed by atoms with Gasteiger partial charge in [-0.2, -0.15) is 0 Å². The third-order valence-electron chi connectivity index (χ3n) is 4.73. The zero-order valence-corrected chi connectivity index (χ0v) is 20.3. The summed E-state index contributed by atoms with van der Waals surface area (Å²) in [5.41, 5.74) is 4.69. The molecule has 1 aliphatic carbocycles. The second-order valence-corrected chi connectivity index (χ2v) is 10.4. The second kappa shape index (κ2) is 10.2. The lowest BCUT2D eigenvalue weighted by atomic mass is 10.00. The molecular formula is C24H36N4O5. The Balaban J connectivity index is 2.42. The highest BCUT2D eigenvalue weighted by Gasteiger charge is 2.44. The van der Waals surface area contributed by atoms with Crippen LogP contribution < -0.4 is 16.4 Å². The Bertz CT molecular complexity index is 869. The molecule has 2 unspecified atom stereocenters. The van der Waals surface area contributed by atoms with Crippen molar-refractivity contribution in [2.75, 3.05) is 0 Å². The van der Waals surface area contributed by atoms with Gasteiger partial charge in [-0.3, -0.25) is 14.4 Å². The van der Waals surface area contributed by atoms with Crippen LogP contribution in [0.25, 0.3) is 0 Å². The monoisotopic (exact) mass is 460 g/mol. The van der Waals surface area contributed by atoms with Crippen LogP contribution >= 0.6 is 0 Å². The molecule has 33 heavy (non-hydrogen) atoms. The van der Waals surface area contributed by atoms with Crippen LogP contribution in [0.1, 0.15) is 72.4 Å². The van der Waals surface area contributed by atoms with Gasteiger partial charge in [0.05, 0.1) is 6.42 Å². The molecule has 1 saturated carbocycles. The predicted molar refractivity (Wildman–Crippen MR) is 124 cm³/mol. The van der Waals surface area contributed by atoms with E-state index >= 15 is 0 Å². The molecule has 1 aromatic carbocycles. The number of rotatable bonds is 8. The molecule has 9 nitrogen and oxygen atoms in total. The molecule has 0 aliphatic heterocycles. The number of hydrogen-bond donors (Lipinski definition) is 3. The van der Waals surface area contributed by atoms with Crippen molar-refractivity contribution in [3.8, 4) is 0 Å². The molecule has 0 radical (unpaired) electrons. The van der Waals surface area contributed by atoms with Crippen molar-refractivity contribution in [2.45, 2.75) is 90.1 Å². The number of benzene rings is 1. The van der Waals surface area contributed by atoms with E-state index in [1.165, 1.54) is 4.90 Å². The molecule has 9 heteroatoms. The van der Waals surface area contributed by atoms with Crippen molar-refractivity contribution in [2.24, 2.45) is 5.73 Å². The summed E-state index contributed by atoms with van der Waals surface area (Å²) in [7, 11) is 0. The molecule has 2 atom stereocenters. The van der Waals surface area contributed by atoms with Crippen molar-refractivity contribution in [1.29, 1.82) is 0 Å². The smallest absolute Gasteiger partial charge is 0.408 e. The average molecular weight is 461 g/mol. The van der Waals surface area contributed by atoms with Crippen LogP contribution in [-0.2, 0) is 19.1 Å². The summed E-state index contributed by atoms with van der Waals surface area (Å²) in [6.45, 7) is 10.6. The first-order valence-electron chi connectivity index (χ1n) is 11.1. The number of nitrogens with one attached hydrogen (secondary N) is 2. The average Bonchev–Trinajstić information content (AvgIpc) is 3.47. The fraction of sp³-hybridized carbons (Fsp3) is 0.583. The minimum atomic E-state index is -1.26.